The largest absolute Gasteiger partial charge is 0.462 e. The number of hydrogen-bond donors (Lipinski definition) is 1. The Bertz CT molecular complexity index is 599. The second-order valence-corrected chi connectivity index (χ2v) is 6.03. The van der Waals surface area contributed by atoms with Crippen LogP contribution < -0.4 is 14.8 Å². The highest BCUT2D eigenvalue weighted by Gasteiger charge is 2.17. The lowest BCUT2D eigenvalue weighted by Crippen LogP contribution is -2.34. The van der Waals surface area contributed by atoms with Gasteiger partial charge in [-0.05, 0) is 59.1 Å². The predicted molar refractivity (Wildman–Crippen MR) is 91.7 cm³/mol. The molecular formula is C17H25N3O4. The summed E-state index contributed by atoms with van der Waals surface area (Å²) in [6.07, 6.45) is 0.812. The molecule has 0 spiro atoms. The standard InChI is InChI=1S/C17H25N3O4/c1-12(2)24-17(18-8-5-9-20(3)4)19-16(21)13-6-7-14-15(10-13)23-11-22-14/h6-7,10,12H,5,8-9,11H2,1-4H3,(H,18,19,21). The maximum absolute atomic E-state index is 12.4. The molecule has 0 saturated carbocycles. The summed E-state index contributed by atoms with van der Waals surface area (Å²) in [5, 5.41) is 2.72. The van der Waals surface area contributed by atoms with Gasteiger partial charge in [-0.2, -0.15) is 0 Å². The zero-order valence-corrected chi connectivity index (χ0v) is 14.7. The van der Waals surface area contributed by atoms with Crippen molar-refractivity contribution in [3.63, 3.8) is 0 Å². The van der Waals surface area contributed by atoms with Gasteiger partial charge in [-0.15, -0.1) is 0 Å². The van der Waals surface area contributed by atoms with Crippen LogP contribution >= 0.6 is 0 Å². The van der Waals surface area contributed by atoms with E-state index in [0.29, 0.717) is 23.6 Å². The number of fused-ring (bicyclic) bond motifs is 1. The van der Waals surface area contributed by atoms with Gasteiger partial charge < -0.3 is 19.1 Å². The zero-order chi connectivity index (χ0) is 17.5. The molecule has 24 heavy (non-hydrogen) atoms. The average molecular weight is 335 g/mol. The third-order valence-electron chi connectivity index (χ3n) is 3.22. The number of aliphatic imine (C=N–C) groups is 1. The Labute approximate surface area is 142 Å². The number of ether oxygens (including phenoxy) is 3. The molecule has 1 aromatic rings. The first kappa shape index (κ1) is 18.1. The summed E-state index contributed by atoms with van der Waals surface area (Å²) in [5.41, 5.74) is 0.465. The Morgan fingerprint density at radius 2 is 2.08 bits per heavy atom. The molecule has 1 heterocycles. The van der Waals surface area contributed by atoms with Crippen molar-refractivity contribution in [1.29, 1.82) is 0 Å². The summed E-state index contributed by atoms with van der Waals surface area (Å²) in [5.74, 6) is 0.916. The van der Waals surface area contributed by atoms with Gasteiger partial charge in [0.05, 0.1) is 6.10 Å². The predicted octanol–water partition coefficient (Wildman–Crippen LogP) is 1.88. The molecule has 132 valence electrons. The van der Waals surface area contributed by atoms with E-state index >= 15 is 0 Å². The minimum Gasteiger partial charge on any atom is -0.462 e. The summed E-state index contributed by atoms with van der Waals surface area (Å²) in [4.78, 5) is 18.8. The minimum absolute atomic E-state index is 0.0744. The summed E-state index contributed by atoms with van der Waals surface area (Å²) in [6, 6.07) is 5.29. The number of amides is 1. The smallest absolute Gasteiger partial charge is 0.291 e. The van der Waals surface area contributed by atoms with Crippen LogP contribution in [0.3, 0.4) is 0 Å². The highest BCUT2D eigenvalue weighted by Crippen LogP contribution is 2.32. The molecule has 0 bridgehead atoms. The molecule has 0 aliphatic carbocycles. The van der Waals surface area contributed by atoms with E-state index in [1.807, 2.05) is 27.9 Å². The lowest BCUT2D eigenvalue weighted by molar-refractivity contribution is 0.0959. The molecule has 1 aliphatic heterocycles. The molecule has 0 unspecified atom stereocenters. The third kappa shape index (κ3) is 5.42. The number of carbonyl (C=O) groups excluding carboxylic acids is 1. The Morgan fingerprint density at radius 3 is 2.79 bits per heavy atom. The van der Waals surface area contributed by atoms with E-state index in [1.165, 1.54) is 0 Å². The summed E-state index contributed by atoms with van der Waals surface area (Å²) in [6.45, 7) is 5.47. The molecule has 7 heteroatoms. The molecule has 1 amide bonds. The van der Waals surface area contributed by atoms with E-state index in [0.717, 1.165) is 13.0 Å². The normalized spacial score (nSPS) is 13.5. The summed E-state index contributed by atoms with van der Waals surface area (Å²) >= 11 is 0. The fourth-order valence-corrected chi connectivity index (χ4v) is 2.10. The first-order valence-corrected chi connectivity index (χ1v) is 8.02. The first-order chi connectivity index (χ1) is 11.5. The number of amidine groups is 1. The fourth-order valence-electron chi connectivity index (χ4n) is 2.10. The molecular weight excluding hydrogens is 310 g/mol. The van der Waals surface area contributed by atoms with Gasteiger partial charge in [-0.3, -0.25) is 10.1 Å². The molecule has 1 N–H and O–H groups in total. The molecule has 0 atom stereocenters. The summed E-state index contributed by atoms with van der Waals surface area (Å²) in [7, 11) is 4.02. The molecule has 1 aliphatic rings. The van der Waals surface area contributed by atoms with Crippen LogP contribution in [0.5, 0.6) is 11.5 Å². The Kier molecular flexibility index (Phi) is 6.43. The number of nitrogens with zero attached hydrogens (tertiary/aromatic N) is 2. The number of carbonyl (C=O) groups is 1. The van der Waals surface area contributed by atoms with E-state index < -0.39 is 0 Å². The average Bonchev–Trinajstić information content (AvgIpc) is 2.98. The van der Waals surface area contributed by atoms with Crippen LogP contribution in [0.15, 0.2) is 23.2 Å². The van der Waals surface area contributed by atoms with E-state index in [4.69, 9.17) is 14.2 Å². The van der Waals surface area contributed by atoms with Gasteiger partial charge in [0.25, 0.3) is 11.9 Å². The van der Waals surface area contributed by atoms with Gasteiger partial charge in [0.2, 0.25) is 6.79 Å². The number of hydrogen-bond acceptors (Lipinski definition) is 6. The van der Waals surface area contributed by atoms with Crippen LogP contribution in [0.1, 0.15) is 30.6 Å². The lowest BCUT2D eigenvalue weighted by Gasteiger charge is -2.14. The van der Waals surface area contributed by atoms with Gasteiger partial charge in [-0.1, -0.05) is 0 Å². The second kappa shape index (κ2) is 8.54. The maximum Gasteiger partial charge on any atom is 0.291 e. The zero-order valence-electron chi connectivity index (χ0n) is 14.7. The van der Waals surface area contributed by atoms with Crippen molar-refractivity contribution in [1.82, 2.24) is 10.2 Å². The van der Waals surface area contributed by atoms with E-state index in [-0.39, 0.29) is 24.8 Å². The number of benzene rings is 1. The van der Waals surface area contributed by atoms with E-state index in [9.17, 15) is 4.79 Å². The maximum atomic E-state index is 12.4. The van der Waals surface area contributed by atoms with Crippen molar-refractivity contribution in [2.24, 2.45) is 4.99 Å². The number of nitrogens with one attached hydrogen (secondary N) is 1. The molecule has 0 saturated heterocycles. The van der Waals surface area contributed by atoms with Gasteiger partial charge in [0.1, 0.15) is 0 Å². The Morgan fingerprint density at radius 1 is 1.33 bits per heavy atom. The molecule has 0 aromatic heterocycles. The van der Waals surface area contributed by atoms with Gasteiger partial charge in [-0.25, -0.2) is 4.99 Å². The monoisotopic (exact) mass is 335 g/mol. The van der Waals surface area contributed by atoms with Gasteiger partial charge in [0.15, 0.2) is 11.5 Å². The van der Waals surface area contributed by atoms with Gasteiger partial charge >= 0.3 is 0 Å². The van der Waals surface area contributed by atoms with Crippen molar-refractivity contribution in [2.75, 3.05) is 34.0 Å². The van der Waals surface area contributed by atoms with Crippen molar-refractivity contribution < 1.29 is 19.0 Å². The molecule has 1 aromatic carbocycles. The molecule has 7 nitrogen and oxygen atoms in total. The Hall–Kier alpha value is -2.28. The fraction of sp³-hybridized carbons (Fsp3) is 0.529. The quantitative estimate of drug-likeness (QED) is 0.488. The van der Waals surface area contributed by atoms with Crippen molar-refractivity contribution in [3.8, 4) is 11.5 Å². The second-order valence-electron chi connectivity index (χ2n) is 6.03. The molecule has 0 radical (unpaired) electrons. The van der Waals surface area contributed by atoms with Crippen LogP contribution in [0.25, 0.3) is 0 Å². The van der Waals surface area contributed by atoms with Crippen LogP contribution in [0.4, 0.5) is 0 Å². The first-order valence-electron chi connectivity index (χ1n) is 8.02. The van der Waals surface area contributed by atoms with Crippen LogP contribution in [0, 0.1) is 0 Å². The van der Waals surface area contributed by atoms with Crippen molar-refractivity contribution in [3.05, 3.63) is 23.8 Å². The molecule has 0 fully saturated rings. The summed E-state index contributed by atoms with van der Waals surface area (Å²) < 4.78 is 16.1. The minimum atomic E-state index is -0.291. The highest BCUT2D eigenvalue weighted by atomic mass is 16.7. The van der Waals surface area contributed by atoms with Gasteiger partial charge in [0, 0.05) is 12.1 Å². The van der Waals surface area contributed by atoms with E-state index in [2.05, 4.69) is 15.2 Å². The third-order valence-corrected chi connectivity index (χ3v) is 3.22. The Balaban J connectivity index is 1.99. The number of rotatable bonds is 6. The van der Waals surface area contributed by atoms with Crippen molar-refractivity contribution >= 4 is 11.9 Å². The highest BCUT2D eigenvalue weighted by molar-refractivity contribution is 6.04. The SMILES string of the molecule is CC(C)OC(=NCCCN(C)C)NC(=O)c1ccc2c(c1)OCO2. The van der Waals surface area contributed by atoms with Crippen LogP contribution in [-0.4, -0.2) is 56.9 Å². The van der Waals surface area contributed by atoms with E-state index in [1.54, 1.807) is 18.2 Å². The lowest BCUT2D eigenvalue weighted by atomic mass is 10.2. The molecule has 2 rings (SSSR count). The van der Waals surface area contributed by atoms with Crippen molar-refractivity contribution in [2.45, 2.75) is 26.4 Å². The van der Waals surface area contributed by atoms with Crippen LogP contribution in [0.2, 0.25) is 0 Å². The topological polar surface area (TPSA) is 72.4 Å². The van der Waals surface area contributed by atoms with Crippen LogP contribution in [-0.2, 0) is 4.74 Å².